The second kappa shape index (κ2) is 6.95. The van der Waals surface area contributed by atoms with Gasteiger partial charge < -0.3 is 10.4 Å². The minimum absolute atomic E-state index is 0. The van der Waals surface area contributed by atoms with Gasteiger partial charge in [0.2, 0.25) is 0 Å². The van der Waals surface area contributed by atoms with Crippen LogP contribution in [0.3, 0.4) is 0 Å². The molecular formula is C12H16Cl2N2O2. The summed E-state index contributed by atoms with van der Waals surface area (Å²) in [7, 11) is 0. The minimum Gasteiger partial charge on any atom is -0.480 e. The molecule has 2 rings (SSSR count). The molecule has 1 saturated heterocycles. The van der Waals surface area contributed by atoms with Gasteiger partial charge in [-0.05, 0) is 17.7 Å². The average Bonchev–Trinajstić information content (AvgIpc) is 2.32. The van der Waals surface area contributed by atoms with Crippen LogP contribution in [0.2, 0.25) is 5.02 Å². The summed E-state index contributed by atoms with van der Waals surface area (Å²) < 4.78 is 0. The van der Waals surface area contributed by atoms with Crippen molar-refractivity contribution in [2.75, 3.05) is 19.6 Å². The highest BCUT2D eigenvalue weighted by molar-refractivity contribution is 6.30. The highest BCUT2D eigenvalue weighted by Gasteiger charge is 2.27. The smallest absolute Gasteiger partial charge is 0.322 e. The van der Waals surface area contributed by atoms with Crippen LogP contribution < -0.4 is 5.32 Å². The van der Waals surface area contributed by atoms with Crippen LogP contribution in [0.5, 0.6) is 0 Å². The fourth-order valence-corrected chi connectivity index (χ4v) is 2.13. The van der Waals surface area contributed by atoms with Crippen LogP contribution in [0.4, 0.5) is 0 Å². The van der Waals surface area contributed by atoms with Gasteiger partial charge >= 0.3 is 5.97 Å². The van der Waals surface area contributed by atoms with Crippen LogP contribution in [-0.2, 0) is 11.3 Å². The minimum atomic E-state index is -0.772. The molecule has 4 nitrogen and oxygen atoms in total. The van der Waals surface area contributed by atoms with Crippen molar-refractivity contribution in [2.24, 2.45) is 0 Å². The summed E-state index contributed by atoms with van der Waals surface area (Å²) in [5, 5.41) is 12.9. The molecule has 0 saturated carbocycles. The van der Waals surface area contributed by atoms with E-state index >= 15 is 0 Å². The number of aliphatic carboxylic acids is 1. The summed E-state index contributed by atoms with van der Waals surface area (Å²) in [6.45, 7) is 2.73. The first kappa shape index (κ1) is 15.2. The molecule has 0 spiro atoms. The van der Waals surface area contributed by atoms with Gasteiger partial charge in [0, 0.05) is 31.2 Å². The molecule has 100 valence electrons. The summed E-state index contributed by atoms with van der Waals surface area (Å²) in [4.78, 5) is 13.1. The van der Waals surface area contributed by atoms with Gasteiger partial charge in [0.15, 0.2) is 0 Å². The quantitative estimate of drug-likeness (QED) is 0.888. The number of hydrogen-bond acceptors (Lipinski definition) is 3. The lowest BCUT2D eigenvalue weighted by Crippen LogP contribution is -2.54. The zero-order valence-corrected chi connectivity index (χ0v) is 11.4. The van der Waals surface area contributed by atoms with E-state index in [0.29, 0.717) is 18.1 Å². The Morgan fingerprint density at radius 1 is 1.44 bits per heavy atom. The molecule has 1 aromatic carbocycles. The van der Waals surface area contributed by atoms with E-state index in [1.807, 2.05) is 29.2 Å². The van der Waals surface area contributed by atoms with Crippen molar-refractivity contribution in [2.45, 2.75) is 12.6 Å². The molecule has 1 atom stereocenters. The Labute approximate surface area is 117 Å². The predicted molar refractivity (Wildman–Crippen MR) is 73.4 cm³/mol. The number of rotatable bonds is 3. The summed E-state index contributed by atoms with van der Waals surface area (Å²) in [5.41, 5.74) is 1.09. The molecule has 2 N–H and O–H groups in total. The van der Waals surface area contributed by atoms with E-state index in [2.05, 4.69) is 5.32 Å². The fourth-order valence-electron chi connectivity index (χ4n) is 2.00. The third kappa shape index (κ3) is 3.85. The van der Waals surface area contributed by atoms with E-state index in [1.165, 1.54) is 0 Å². The van der Waals surface area contributed by atoms with Crippen LogP contribution in [0.15, 0.2) is 24.3 Å². The highest BCUT2D eigenvalue weighted by atomic mass is 35.5. The van der Waals surface area contributed by atoms with E-state index in [9.17, 15) is 4.79 Å². The van der Waals surface area contributed by atoms with Crippen molar-refractivity contribution in [1.29, 1.82) is 0 Å². The van der Waals surface area contributed by atoms with Crippen molar-refractivity contribution < 1.29 is 9.90 Å². The molecule has 1 aromatic rings. The Morgan fingerprint density at radius 3 is 2.72 bits per heavy atom. The zero-order valence-electron chi connectivity index (χ0n) is 9.80. The van der Waals surface area contributed by atoms with Gasteiger partial charge in [-0.25, -0.2) is 0 Å². The van der Waals surface area contributed by atoms with Gasteiger partial charge in [-0.3, -0.25) is 9.69 Å². The largest absolute Gasteiger partial charge is 0.480 e. The number of carboxylic acids is 1. The van der Waals surface area contributed by atoms with Gasteiger partial charge in [-0.2, -0.15) is 0 Å². The normalized spacial score (nSPS) is 20.2. The number of hydrogen-bond donors (Lipinski definition) is 2. The van der Waals surface area contributed by atoms with E-state index in [-0.39, 0.29) is 12.4 Å². The maximum Gasteiger partial charge on any atom is 0.322 e. The molecule has 18 heavy (non-hydrogen) atoms. The molecule has 1 unspecified atom stereocenters. The molecule has 1 fully saturated rings. The van der Waals surface area contributed by atoms with Crippen LogP contribution in [-0.4, -0.2) is 41.7 Å². The summed E-state index contributed by atoms with van der Waals surface area (Å²) >= 11 is 5.82. The van der Waals surface area contributed by atoms with E-state index in [1.54, 1.807) is 0 Å². The molecule has 0 bridgehead atoms. The van der Waals surface area contributed by atoms with Gasteiger partial charge in [0.25, 0.3) is 0 Å². The molecule has 6 heteroatoms. The lowest BCUT2D eigenvalue weighted by molar-refractivity contribution is -0.144. The Hall–Kier alpha value is -0.810. The number of nitrogens with zero attached hydrogens (tertiary/aromatic N) is 1. The first-order chi connectivity index (χ1) is 8.16. The van der Waals surface area contributed by atoms with Crippen molar-refractivity contribution >= 4 is 30.0 Å². The third-order valence-corrected chi connectivity index (χ3v) is 3.19. The molecular weight excluding hydrogens is 275 g/mol. The summed E-state index contributed by atoms with van der Waals surface area (Å²) in [5.74, 6) is -0.772. The van der Waals surface area contributed by atoms with Crippen LogP contribution in [0, 0.1) is 0 Å². The molecule has 0 aliphatic carbocycles. The van der Waals surface area contributed by atoms with Crippen molar-refractivity contribution in [3.8, 4) is 0 Å². The zero-order chi connectivity index (χ0) is 12.3. The first-order valence-corrected chi connectivity index (χ1v) is 5.96. The molecule has 0 aromatic heterocycles. The number of piperazine rings is 1. The van der Waals surface area contributed by atoms with Gasteiger partial charge in [-0.1, -0.05) is 23.7 Å². The molecule has 1 heterocycles. The Bertz CT molecular complexity index is 398. The van der Waals surface area contributed by atoms with E-state index in [4.69, 9.17) is 16.7 Å². The van der Waals surface area contributed by atoms with Gasteiger partial charge in [0.1, 0.15) is 6.04 Å². The number of benzene rings is 1. The predicted octanol–water partition coefficient (Wildman–Crippen LogP) is 1.62. The summed E-state index contributed by atoms with van der Waals surface area (Å²) in [6.07, 6.45) is 0. The van der Waals surface area contributed by atoms with Crippen molar-refractivity contribution in [3.63, 3.8) is 0 Å². The second-order valence-corrected chi connectivity index (χ2v) is 4.59. The molecule has 1 aliphatic rings. The maximum absolute atomic E-state index is 11.1. The highest BCUT2D eigenvalue weighted by Crippen LogP contribution is 2.14. The lowest BCUT2D eigenvalue weighted by atomic mass is 10.1. The van der Waals surface area contributed by atoms with Crippen molar-refractivity contribution in [1.82, 2.24) is 10.2 Å². The number of carboxylic acid groups (broad SMARTS) is 1. The van der Waals surface area contributed by atoms with Gasteiger partial charge in [-0.15, -0.1) is 12.4 Å². The number of carbonyl (C=O) groups is 1. The van der Waals surface area contributed by atoms with Crippen LogP contribution >= 0.6 is 24.0 Å². The maximum atomic E-state index is 11.1. The average molecular weight is 291 g/mol. The SMILES string of the molecule is Cl.O=C(O)C1CNCCN1Cc1ccc(Cl)cc1. The van der Waals surface area contributed by atoms with E-state index < -0.39 is 12.0 Å². The Balaban J connectivity index is 0.00000162. The Kier molecular flexibility index (Phi) is 5.88. The molecule has 1 aliphatic heterocycles. The monoisotopic (exact) mass is 290 g/mol. The van der Waals surface area contributed by atoms with Crippen LogP contribution in [0.1, 0.15) is 5.56 Å². The van der Waals surface area contributed by atoms with Crippen molar-refractivity contribution in [3.05, 3.63) is 34.9 Å². The second-order valence-electron chi connectivity index (χ2n) is 4.16. The summed E-state index contributed by atoms with van der Waals surface area (Å²) in [6, 6.07) is 7.08. The fraction of sp³-hybridized carbons (Fsp3) is 0.417. The van der Waals surface area contributed by atoms with Gasteiger partial charge in [0.05, 0.1) is 0 Å². The first-order valence-electron chi connectivity index (χ1n) is 5.59. The Morgan fingerprint density at radius 2 is 2.11 bits per heavy atom. The number of nitrogens with one attached hydrogen (secondary N) is 1. The molecule has 0 radical (unpaired) electrons. The lowest BCUT2D eigenvalue weighted by Gasteiger charge is -2.33. The van der Waals surface area contributed by atoms with E-state index in [0.717, 1.165) is 18.7 Å². The topological polar surface area (TPSA) is 52.6 Å². The number of halogens is 2. The third-order valence-electron chi connectivity index (χ3n) is 2.94. The van der Waals surface area contributed by atoms with Crippen LogP contribution in [0.25, 0.3) is 0 Å². The molecule has 0 amide bonds. The standard InChI is InChI=1S/C12H15ClN2O2.ClH/c13-10-3-1-9(2-4-10)8-15-6-5-14-7-11(15)12(16)17;/h1-4,11,14H,5-8H2,(H,16,17);1H.